The van der Waals surface area contributed by atoms with Crippen molar-refractivity contribution in [1.82, 2.24) is 5.32 Å². The Morgan fingerprint density at radius 3 is 2.25 bits per heavy atom. The van der Waals surface area contributed by atoms with Gasteiger partial charge in [-0.15, -0.1) is 0 Å². The SMILES string of the molecule is CC(C)(C)[C@H](NC(=O)C(N)Cc1ccccc1)C(=O)O. The maximum atomic E-state index is 12.0. The molecule has 4 N–H and O–H groups in total. The zero-order valence-corrected chi connectivity index (χ0v) is 12.1. The van der Waals surface area contributed by atoms with Crippen LogP contribution in [0.5, 0.6) is 0 Å². The summed E-state index contributed by atoms with van der Waals surface area (Å²) in [4.78, 5) is 23.2. The van der Waals surface area contributed by atoms with Crippen LogP contribution in [0.2, 0.25) is 0 Å². The fourth-order valence-corrected chi connectivity index (χ4v) is 1.86. The molecule has 0 spiro atoms. The quantitative estimate of drug-likeness (QED) is 0.754. The molecule has 110 valence electrons. The van der Waals surface area contributed by atoms with Crippen molar-refractivity contribution in [2.45, 2.75) is 39.3 Å². The summed E-state index contributed by atoms with van der Waals surface area (Å²) in [5, 5.41) is 11.7. The van der Waals surface area contributed by atoms with Gasteiger partial charge < -0.3 is 16.2 Å². The first kappa shape index (κ1) is 16.2. The van der Waals surface area contributed by atoms with Gasteiger partial charge in [0.25, 0.3) is 0 Å². The van der Waals surface area contributed by atoms with E-state index in [9.17, 15) is 14.7 Å². The van der Waals surface area contributed by atoms with Crippen LogP contribution in [-0.4, -0.2) is 29.1 Å². The number of hydrogen-bond acceptors (Lipinski definition) is 3. The third-order valence-corrected chi connectivity index (χ3v) is 3.03. The number of rotatable bonds is 5. The van der Waals surface area contributed by atoms with Crippen LogP contribution in [0.3, 0.4) is 0 Å². The summed E-state index contributed by atoms with van der Waals surface area (Å²) in [6.07, 6.45) is 0.378. The average Bonchev–Trinajstić information content (AvgIpc) is 2.34. The highest BCUT2D eigenvalue weighted by molar-refractivity contribution is 5.87. The van der Waals surface area contributed by atoms with Crippen molar-refractivity contribution in [3.63, 3.8) is 0 Å². The Hall–Kier alpha value is -1.88. The third kappa shape index (κ3) is 4.66. The molecule has 0 radical (unpaired) electrons. The second kappa shape index (κ2) is 6.52. The van der Waals surface area contributed by atoms with Crippen molar-refractivity contribution in [1.29, 1.82) is 0 Å². The number of hydrogen-bond donors (Lipinski definition) is 3. The first-order valence-electron chi connectivity index (χ1n) is 6.54. The second-order valence-corrected chi connectivity index (χ2v) is 5.94. The molecule has 2 atom stereocenters. The van der Waals surface area contributed by atoms with Crippen LogP contribution in [0.4, 0.5) is 0 Å². The number of benzene rings is 1. The van der Waals surface area contributed by atoms with Crippen LogP contribution in [0, 0.1) is 5.41 Å². The van der Waals surface area contributed by atoms with E-state index in [1.807, 2.05) is 30.3 Å². The molecule has 1 unspecified atom stereocenters. The number of amides is 1. The van der Waals surface area contributed by atoms with E-state index >= 15 is 0 Å². The summed E-state index contributed by atoms with van der Waals surface area (Å²) < 4.78 is 0. The van der Waals surface area contributed by atoms with Gasteiger partial charge in [0, 0.05) is 0 Å². The van der Waals surface area contributed by atoms with Crippen LogP contribution in [0.1, 0.15) is 26.3 Å². The van der Waals surface area contributed by atoms with Gasteiger partial charge in [0.2, 0.25) is 5.91 Å². The zero-order valence-electron chi connectivity index (χ0n) is 12.1. The lowest BCUT2D eigenvalue weighted by Crippen LogP contribution is -2.54. The van der Waals surface area contributed by atoms with Crippen LogP contribution in [0.25, 0.3) is 0 Å². The molecule has 1 aromatic rings. The molecule has 5 heteroatoms. The van der Waals surface area contributed by atoms with Gasteiger partial charge in [0.15, 0.2) is 0 Å². The van der Waals surface area contributed by atoms with Crippen LogP contribution in [0.15, 0.2) is 30.3 Å². The molecular weight excluding hydrogens is 256 g/mol. The lowest BCUT2D eigenvalue weighted by molar-refractivity contribution is -0.145. The van der Waals surface area contributed by atoms with Crippen molar-refractivity contribution >= 4 is 11.9 Å². The molecule has 20 heavy (non-hydrogen) atoms. The number of nitrogens with two attached hydrogens (primary N) is 1. The van der Waals surface area contributed by atoms with Crippen molar-refractivity contribution < 1.29 is 14.7 Å². The normalized spacial score (nSPS) is 14.4. The Bertz CT molecular complexity index is 466. The zero-order chi connectivity index (χ0) is 15.3. The smallest absolute Gasteiger partial charge is 0.326 e. The van der Waals surface area contributed by atoms with E-state index in [4.69, 9.17) is 5.73 Å². The molecular formula is C15H22N2O3. The standard InChI is InChI=1S/C15H22N2O3/c1-15(2,3)12(14(19)20)17-13(18)11(16)9-10-7-5-4-6-8-10/h4-8,11-12H,9,16H2,1-3H3,(H,17,18)(H,19,20)/t11?,12-/m1/s1. The number of nitrogens with one attached hydrogen (secondary N) is 1. The van der Waals surface area contributed by atoms with Crippen LogP contribution >= 0.6 is 0 Å². The van der Waals surface area contributed by atoms with E-state index in [0.717, 1.165) is 5.56 Å². The van der Waals surface area contributed by atoms with Crippen molar-refractivity contribution in [3.8, 4) is 0 Å². The molecule has 0 bridgehead atoms. The van der Waals surface area contributed by atoms with Crippen LogP contribution in [-0.2, 0) is 16.0 Å². The third-order valence-electron chi connectivity index (χ3n) is 3.03. The van der Waals surface area contributed by atoms with Gasteiger partial charge in [-0.3, -0.25) is 4.79 Å². The van der Waals surface area contributed by atoms with Gasteiger partial charge >= 0.3 is 5.97 Å². The van der Waals surface area contributed by atoms with Crippen molar-refractivity contribution in [3.05, 3.63) is 35.9 Å². The minimum Gasteiger partial charge on any atom is -0.480 e. The number of carboxylic acid groups (broad SMARTS) is 1. The number of carbonyl (C=O) groups excluding carboxylic acids is 1. The average molecular weight is 278 g/mol. The molecule has 0 saturated heterocycles. The maximum Gasteiger partial charge on any atom is 0.326 e. The monoisotopic (exact) mass is 278 g/mol. The number of carbonyl (C=O) groups is 2. The van der Waals surface area contributed by atoms with E-state index in [1.165, 1.54) is 0 Å². The number of aliphatic carboxylic acids is 1. The predicted molar refractivity (Wildman–Crippen MR) is 77.1 cm³/mol. The van der Waals surface area contributed by atoms with Gasteiger partial charge in [-0.1, -0.05) is 51.1 Å². The molecule has 0 saturated carbocycles. The van der Waals surface area contributed by atoms with E-state index in [2.05, 4.69) is 5.32 Å². The molecule has 0 aromatic heterocycles. The summed E-state index contributed by atoms with van der Waals surface area (Å²) in [5.41, 5.74) is 6.20. The molecule has 0 aliphatic rings. The van der Waals surface area contributed by atoms with Crippen LogP contribution < -0.4 is 11.1 Å². The Balaban J connectivity index is 2.67. The van der Waals surface area contributed by atoms with Gasteiger partial charge in [-0.2, -0.15) is 0 Å². The summed E-state index contributed by atoms with van der Waals surface area (Å²) >= 11 is 0. The summed E-state index contributed by atoms with van der Waals surface area (Å²) in [6.45, 7) is 5.28. The fraction of sp³-hybridized carbons (Fsp3) is 0.467. The van der Waals surface area contributed by atoms with Gasteiger partial charge in [0.05, 0.1) is 6.04 Å². The lowest BCUT2D eigenvalue weighted by atomic mass is 9.86. The first-order valence-corrected chi connectivity index (χ1v) is 6.54. The molecule has 0 heterocycles. The lowest BCUT2D eigenvalue weighted by Gasteiger charge is -2.28. The second-order valence-electron chi connectivity index (χ2n) is 5.94. The molecule has 5 nitrogen and oxygen atoms in total. The molecule has 0 aliphatic carbocycles. The summed E-state index contributed by atoms with van der Waals surface area (Å²) in [7, 11) is 0. The molecule has 1 amide bonds. The van der Waals surface area contributed by atoms with Gasteiger partial charge in [0.1, 0.15) is 6.04 Å². The first-order chi connectivity index (χ1) is 9.21. The van der Waals surface area contributed by atoms with E-state index in [1.54, 1.807) is 20.8 Å². The highest BCUT2D eigenvalue weighted by atomic mass is 16.4. The molecule has 0 aliphatic heterocycles. The minimum absolute atomic E-state index is 0.378. The van der Waals surface area contributed by atoms with Crippen molar-refractivity contribution in [2.75, 3.05) is 0 Å². The van der Waals surface area contributed by atoms with E-state index < -0.39 is 29.4 Å². The van der Waals surface area contributed by atoms with Gasteiger partial charge in [-0.05, 0) is 17.4 Å². The fourth-order valence-electron chi connectivity index (χ4n) is 1.86. The Labute approximate surface area is 119 Å². The highest BCUT2D eigenvalue weighted by Crippen LogP contribution is 2.19. The maximum absolute atomic E-state index is 12.0. The largest absolute Gasteiger partial charge is 0.480 e. The van der Waals surface area contributed by atoms with E-state index in [-0.39, 0.29) is 0 Å². The number of carboxylic acids is 1. The molecule has 1 rings (SSSR count). The van der Waals surface area contributed by atoms with E-state index in [0.29, 0.717) is 6.42 Å². The van der Waals surface area contributed by atoms with Gasteiger partial charge in [-0.25, -0.2) is 4.79 Å². The predicted octanol–water partition coefficient (Wildman–Crippen LogP) is 1.17. The Morgan fingerprint density at radius 1 is 1.25 bits per heavy atom. The summed E-state index contributed by atoms with van der Waals surface area (Å²) in [6, 6.07) is 7.66. The Morgan fingerprint density at radius 2 is 1.80 bits per heavy atom. The molecule has 1 aromatic carbocycles. The Kier molecular flexibility index (Phi) is 5.27. The topological polar surface area (TPSA) is 92.4 Å². The molecule has 0 fully saturated rings. The highest BCUT2D eigenvalue weighted by Gasteiger charge is 2.33. The minimum atomic E-state index is -1.06. The summed E-state index contributed by atoms with van der Waals surface area (Å²) in [5.74, 6) is -1.51. The van der Waals surface area contributed by atoms with Crippen molar-refractivity contribution in [2.24, 2.45) is 11.1 Å².